The van der Waals surface area contributed by atoms with Gasteiger partial charge in [-0.3, -0.25) is 9.78 Å². The summed E-state index contributed by atoms with van der Waals surface area (Å²) in [4.78, 5) is 27.9. The maximum Gasteiger partial charge on any atom is 0.315 e. The van der Waals surface area contributed by atoms with Crippen LogP contribution in [0.4, 0.5) is 20.3 Å². The van der Waals surface area contributed by atoms with Crippen molar-refractivity contribution in [3.05, 3.63) is 42.1 Å². The largest absolute Gasteiger partial charge is 0.336 e. The predicted octanol–water partition coefficient (Wildman–Crippen LogP) is 2.88. The SMILES string of the molecule is CCc1cc(C2CN(C(=O)C(F)F)C2)ncc1N(C)c1cc2c(cn1)ncn2C. The van der Waals surface area contributed by atoms with Crippen LogP contribution < -0.4 is 4.90 Å². The molecule has 0 aliphatic carbocycles. The van der Waals surface area contributed by atoms with Gasteiger partial charge >= 0.3 is 6.43 Å². The van der Waals surface area contributed by atoms with E-state index in [0.717, 1.165) is 40.2 Å². The van der Waals surface area contributed by atoms with Crippen molar-refractivity contribution in [3.8, 4) is 0 Å². The summed E-state index contributed by atoms with van der Waals surface area (Å²) in [7, 11) is 3.88. The molecular weight excluding hydrogens is 378 g/mol. The number of rotatable bonds is 5. The molecule has 1 fully saturated rings. The summed E-state index contributed by atoms with van der Waals surface area (Å²) in [5, 5.41) is 0. The molecule has 0 unspecified atom stereocenters. The number of halogens is 2. The number of alkyl halides is 2. The zero-order valence-corrected chi connectivity index (χ0v) is 16.5. The lowest BCUT2D eigenvalue weighted by Gasteiger charge is -2.39. The monoisotopic (exact) mass is 400 g/mol. The third kappa shape index (κ3) is 3.41. The zero-order valence-electron chi connectivity index (χ0n) is 16.5. The van der Waals surface area contributed by atoms with Crippen molar-refractivity contribution < 1.29 is 13.6 Å². The van der Waals surface area contributed by atoms with Gasteiger partial charge in [-0.1, -0.05) is 6.92 Å². The van der Waals surface area contributed by atoms with E-state index in [-0.39, 0.29) is 19.0 Å². The Hall–Kier alpha value is -3.10. The van der Waals surface area contributed by atoms with Crippen molar-refractivity contribution >= 4 is 28.4 Å². The van der Waals surface area contributed by atoms with E-state index in [1.165, 1.54) is 4.90 Å². The van der Waals surface area contributed by atoms with Gasteiger partial charge in [0.05, 0.1) is 29.9 Å². The molecule has 3 aromatic heterocycles. The number of fused-ring (bicyclic) bond motifs is 1. The van der Waals surface area contributed by atoms with Crippen LogP contribution in [0, 0.1) is 0 Å². The molecule has 3 aromatic rings. The average Bonchev–Trinajstić information content (AvgIpc) is 3.06. The highest BCUT2D eigenvalue weighted by atomic mass is 19.3. The fourth-order valence-corrected chi connectivity index (χ4v) is 3.63. The molecule has 1 aliphatic rings. The van der Waals surface area contributed by atoms with Gasteiger partial charge in [-0.25, -0.2) is 9.97 Å². The number of hydrogen-bond acceptors (Lipinski definition) is 5. The molecule has 29 heavy (non-hydrogen) atoms. The third-order valence-corrected chi connectivity index (χ3v) is 5.47. The molecule has 0 saturated carbocycles. The molecule has 0 spiro atoms. The van der Waals surface area contributed by atoms with Crippen LogP contribution in [0.2, 0.25) is 0 Å². The zero-order chi connectivity index (χ0) is 20.7. The highest BCUT2D eigenvalue weighted by Gasteiger charge is 2.36. The lowest BCUT2D eigenvalue weighted by Crippen LogP contribution is -2.50. The Morgan fingerprint density at radius 3 is 2.69 bits per heavy atom. The molecule has 1 aliphatic heterocycles. The fourth-order valence-electron chi connectivity index (χ4n) is 3.63. The number of aromatic nitrogens is 4. The Balaban J connectivity index is 1.56. The number of nitrogens with zero attached hydrogens (tertiary/aromatic N) is 6. The molecule has 9 heteroatoms. The smallest absolute Gasteiger partial charge is 0.315 e. The summed E-state index contributed by atoms with van der Waals surface area (Å²) < 4.78 is 27.0. The van der Waals surface area contributed by atoms with Crippen molar-refractivity contribution in [2.45, 2.75) is 25.7 Å². The second-order valence-corrected chi connectivity index (χ2v) is 7.28. The minimum Gasteiger partial charge on any atom is -0.336 e. The van der Waals surface area contributed by atoms with Gasteiger partial charge in [-0.15, -0.1) is 0 Å². The first kappa shape index (κ1) is 19.2. The molecule has 1 saturated heterocycles. The van der Waals surface area contributed by atoms with E-state index < -0.39 is 12.3 Å². The topological polar surface area (TPSA) is 67.2 Å². The number of amides is 1. The number of carbonyl (C=O) groups is 1. The van der Waals surface area contributed by atoms with Gasteiger partial charge in [-0.2, -0.15) is 8.78 Å². The lowest BCUT2D eigenvalue weighted by molar-refractivity contribution is -0.147. The highest BCUT2D eigenvalue weighted by molar-refractivity contribution is 5.80. The van der Waals surface area contributed by atoms with Gasteiger partial charge in [0.15, 0.2) is 0 Å². The highest BCUT2D eigenvalue weighted by Crippen LogP contribution is 2.32. The van der Waals surface area contributed by atoms with Crippen LogP contribution in [0.25, 0.3) is 11.0 Å². The summed E-state index contributed by atoms with van der Waals surface area (Å²) in [5.74, 6) is -0.334. The summed E-state index contributed by atoms with van der Waals surface area (Å²) in [6.07, 6.45) is 3.13. The number of anilines is 2. The second kappa shape index (κ2) is 7.38. The molecule has 0 N–H and O–H groups in total. The minimum absolute atomic E-state index is 0.00808. The molecular formula is C20H22F2N6O. The number of imidazole rings is 1. The van der Waals surface area contributed by atoms with Crippen LogP contribution in [0.15, 0.2) is 30.9 Å². The Morgan fingerprint density at radius 1 is 1.24 bits per heavy atom. The van der Waals surface area contributed by atoms with E-state index in [0.29, 0.717) is 0 Å². The normalized spacial score (nSPS) is 14.5. The Bertz CT molecular complexity index is 1060. The van der Waals surface area contributed by atoms with Crippen molar-refractivity contribution in [2.24, 2.45) is 7.05 Å². The van der Waals surface area contributed by atoms with Crippen LogP contribution >= 0.6 is 0 Å². The molecule has 0 bridgehead atoms. The van der Waals surface area contributed by atoms with E-state index in [4.69, 9.17) is 0 Å². The van der Waals surface area contributed by atoms with E-state index >= 15 is 0 Å². The van der Waals surface area contributed by atoms with E-state index in [2.05, 4.69) is 21.9 Å². The summed E-state index contributed by atoms with van der Waals surface area (Å²) in [5.41, 5.74) is 4.67. The second-order valence-electron chi connectivity index (χ2n) is 7.28. The number of aryl methyl sites for hydroxylation is 2. The number of likely N-dealkylation sites (tertiary alicyclic amines) is 1. The summed E-state index contributed by atoms with van der Waals surface area (Å²) in [6, 6.07) is 3.98. The van der Waals surface area contributed by atoms with Gasteiger partial charge in [0.2, 0.25) is 0 Å². The maximum atomic E-state index is 12.5. The molecule has 0 aromatic carbocycles. The van der Waals surface area contributed by atoms with E-state index in [1.54, 1.807) is 18.7 Å². The molecule has 0 radical (unpaired) electrons. The van der Waals surface area contributed by atoms with Crippen molar-refractivity contribution in [3.63, 3.8) is 0 Å². The molecule has 4 rings (SSSR count). The standard InChI is InChI=1S/C20H22F2N6O/c1-4-12-5-14(13-9-28(10-13)20(29)19(21)22)23-8-17(12)27(3)18-6-16-15(7-24-18)25-11-26(16)2/h5-8,11,13,19H,4,9-10H2,1-3H3. The lowest BCUT2D eigenvalue weighted by atomic mass is 9.94. The van der Waals surface area contributed by atoms with E-state index in [1.807, 2.05) is 35.7 Å². The van der Waals surface area contributed by atoms with Crippen LogP contribution in [0.1, 0.15) is 24.1 Å². The van der Waals surface area contributed by atoms with Crippen molar-refractivity contribution in [2.75, 3.05) is 25.0 Å². The predicted molar refractivity (Wildman–Crippen MR) is 106 cm³/mol. The van der Waals surface area contributed by atoms with Crippen LogP contribution in [-0.2, 0) is 18.3 Å². The number of hydrogen-bond donors (Lipinski definition) is 0. The van der Waals surface area contributed by atoms with Gasteiger partial charge in [-0.05, 0) is 18.1 Å². The third-order valence-electron chi connectivity index (χ3n) is 5.47. The molecule has 1 amide bonds. The number of carbonyl (C=O) groups excluding carboxylic acids is 1. The van der Waals surface area contributed by atoms with E-state index in [9.17, 15) is 13.6 Å². The van der Waals surface area contributed by atoms with Gasteiger partial charge in [0, 0.05) is 44.9 Å². The summed E-state index contributed by atoms with van der Waals surface area (Å²) in [6.45, 7) is 2.63. The first-order chi connectivity index (χ1) is 13.9. The molecule has 4 heterocycles. The van der Waals surface area contributed by atoms with Gasteiger partial charge in [0.25, 0.3) is 5.91 Å². The van der Waals surface area contributed by atoms with Gasteiger partial charge < -0.3 is 14.4 Å². The van der Waals surface area contributed by atoms with Crippen molar-refractivity contribution in [1.82, 2.24) is 24.4 Å². The van der Waals surface area contributed by atoms with Crippen LogP contribution in [0.5, 0.6) is 0 Å². The van der Waals surface area contributed by atoms with Gasteiger partial charge in [0.1, 0.15) is 11.3 Å². The molecule has 7 nitrogen and oxygen atoms in total. The average molecular weight is 400 g/mol. The Labute approximate surface area is 167 Å². The summed E-state index contributed by atoms with van der Waals surface area (Å²) >= 11 is 0. The quantitative estimate of drug-likeness (QED) is 0.659. The van der Waals surface area contributed by atoms with Crippen LogP contribution in [0.3, 0.4) is 0 Å². The van der Waals surface area contributed by atoms with Crippen molar-refractivity contribution in [1.29, 1.82) is 0 Å². The van der Waals surface area contributed by atoms with Crippen LogP contribution in [-0.4, -0.2) is 56.9 Å². The Kier molecular flexibility index (Phi) is 4.89. The Morgan fingerprint density at radius 2 is 2.00 bits per heavy atom. The fraction of sp³-hybridized carbons (Fsp3) is 0.400. The first-order valence-corrected chi connectivity index (χ1v) is 9.45. The molecule has 152 valence electrons. The maximum absolute atomic E-state index is 12.5. The first-order valence-electron chi connectivity index (χ1n) is 9.45. The molecule has 0 atom stereocenters. The number of pyridine rings is 2. The minimum atomic E-state index is -2.95.